The van der Waals surface area contributed by atoms with Crippen LogP contribution in [0.4, 0.5) is 5.82 Å². The number of carbonyl (C=O) groups is 2. The van der Waals surface area contributed by atoms with Crippen LogP contribution >= 0.6 is 11.3 Å². The van der Waals surface area contributed by atoms with Crippen LogP contribution in [0.1, 0.15) is 28.5 Å². The predicted octanol–water partition coefficient (Wildman–Crippen LogP) is 2.96. The number of rotatable bonds is 6. The van der Waals surface area contributed by atoms with Crippen LogP contribution in [-0.4, -0.2) is 31.1 Å². The number of thiazole rings is 1. The van der Waals surface area contributed by atoms with Gasteiger partial charge in [-0.2, -0.15) is 5.10 Å². The van der Waals surface area contributed by atoms with E-state index < -0.39 is 0 Å². The number of aryl methyl sites for hydroxylation is 1. The normalized spacial score (nSPS) is 12.1. The van der Waals surface area contributed by atoms with E-state index in [9.17, 15) is 9.59 Å². The lowest BCUT2D eigenvalue weighted by Gasteiger charge is -2.12. The predicted molar refractivity (Wildman–Crippen MR) is 112 cm³/mol. The van der Waals surface area contributed by atoms with Gasteiger partial charge < -0.3 is 15.2 Å². The molecule has 4 aromatic rings. The smallest absolute Gasteiger partial charge is 0.276 e. The molecule has 1 atom stereocenters. The SMILES string of the molecule is C[C@H](NC(=O)Cn1ccc2ccccc21)c1nc(C(=O)Nc2ccnn2C)cs1. The fourth-order valence-corrected chi connectivity index (χ4v) is 3.86. The van der Waals surface area contributed by atoms with Crippen molar-refractivity contribution in [3.05, 3.63) is 64.9 Å². The van der Waals surface area contributed by atoms with Crippen molar-refractivity contribution in [1.82, 2.24) is 24.6 Å². The summed E-state index contributed by atoms with van der Waals surface area (Å²) in [5, 5.41) is 13.2. The molecule has 9 heteroatoms. The van der Waals surface area contributed by atoms with Crippen molar-refractivity contribution in [3.63, 3.8) is 0 Å². The van der Waals surface area contributed by atoms with Gasteiger partial charge in [0, 0.05) is 30.2 Å². The molecular weight excluding hydrogens is 388 g/mol. The molecule has 29 heavy (non-hydrogen) atoms. The zero-order chi connectivity index (χ0) is 20.4. The molecular formula is C20H20N6O2S. The van der Waals surface area contributed by atoms with Gasteiger partial charge in [-0.15, -0.1) is 11.3 Å². The minimum Gasteiger partial charge on any atom is -0.346 e. The van der Waals surface area contributed by atoms with Gasteiger partial charge in [-0.25, -0.2) is 4.98 Å². The van der Waals surface area contributed by atoms with Gasteiger partial charge in [-0.3, -0.25) is 14.3 Å². The molecule has 2 amide bonds. The summed E-state index contributed by atoms with van der Waals surface area (Å²) >= 11 is 1.34. The number of nitrogens with zero attached hydrogens (tertiary/aromatic N) is 4. The van der Waals surface area contributed by atoms with Crippen LogP contribution in [0.3, 0.4) is 0 Å². The Morgan fingerprint density at radius 3 is 2.83 bits per heavy atom. The molecule has 0 saturated carbocycles. The first-order chi connectivity index (χ1) is 14.0. The third-order valence-electron chi connectivity index (χ3n) is 4.56. The van der Waals surface area contributed by atoms with Crippen LogP contribution < -0.4 is 10.6 Å². The molecule has 0 aliphatic carbocycles. The number of hydrogen-bond acceptors (Lipinski definition) is 5. The van der Waals surface area contributed by atoms with Crippen LogP contribution in [0.25, 0.3) is 10.9 Å². The first-order valence-electron chi connectivity index (χ1n) is 9.09. The second-order valence-electron chi connectivity index (χ2n) is 6.66. The van der Waals surface area contributed by atoms with E-state index in [-0.39, 0.29) is 24.4 Å². The minimum atomic E-state index is -0.312. The number of fused-ring (bicyclic) bond motifs is 1. The zero-order valence-electron chi connectivity index (χ0n) is 16.0. The van der Waals surface area contributed by atoms with Crippen LogP contribution in [0.15, 0.2) is 54.2 Å². The van der Waals surface area contributed by atoms with Crippen molar-refractivity contribution < 1.29 is 9.59 Å². The minimum absolute atomic E-state index is 0.116. The Morgan fingerprint density at radius 1 is 1.21 bits per heavy atom. The number of anilines is 1. The van der Waals surface area contributed by atoms with E-state index in [0.29, 0.717) is 16.5 Å². The van der Waals surface area contributed by atoms with Gasteiger partial charge in [0.2, 0.25) is 5.91 Å². The Morgan fingerprint density at radius 2 is 2.03 bits per heavy atom. The molecule has 3 aromatic heterocycles. The maximum atomic E-state index is 12.5. The van der Waals surface area contributed by atoms with Crippen molar-refractivity contribution in [2.75, 3.05) is 5.32 Å². The lowest BCUT2D eigenvalue weighted by atomic mass is 10.2. The summed E-state index contributed by atoms with van der Waals surface area (Å²) in [5.41, 5.74) is 1.32. The summed E-state index contributed by atoms with van der Waals surface area (Å²) in [5.74, 6) is 0.160. The Bertz CT molecular complexity index is 1170. The second-order valence-corrected chi connectivity index (χ2v) is 7.55. The average molecular weight is 408 g/mol. The van der Waals surface area contributed by atoms with Gasteiger partial charge in [0.1, 0.15) is 23.1 Å². The summed E-state index contributed by atoms with van der Waals surface area (Å²) in [4.78, 5) is 29.2. The largest absolute Gasteiger partial charge is 0.346 e. The maximum absolute atomic E-state index is 12.5. The van der Waals surface area contributed by atoms with Crippen molar-refractivity contribution in [2.24, 2.45) is 7.05 Å². The molecule has 8 nitrogen and oxygen atoms in total. The Balaban J connectivity index is 1.38. The molecule has 0 aliphatic heterocycles. The Kier molecular flexibility index (Phi) is 5.13. The van der Waals surface area contributed by atoms with Crippen LogP contribution in [0.2, 0.25) is 0 Å². The Hall–Kier alpha value is -3.46. The fourth-order valence-electron chi connectivity index (χ4n) is 3.05. The average Bonchev–Trinajstić information content (AvgIpc) is 3.43. The molecule has 3 heterocycles. The zero-order valence-corrected chi connectivity index (χ0v) is 16.8. The first-order valence-corrected chi connectivity index (χ1v) is 9.97. The monoisotopic (exact) mass is 408 g/mol. The number of amides is 2. The summed E-state index contributed by atoms with van der Waals surface area (Å²) in [6.07, 6.45) is 3.51. The third-order valence-corrected chi connectivity index (χ3v) is 5.59. The maximum Gasteiger partial charge on any atom is 0.276 e. The molecule has 0 bridgehead atoms. The molecule has 0 unspecified atom stereocenters. The van der Waals surface area contributed by atoms with Crippen molar-refractivity contribution in [3.8, 4) is 0 Å². The highest BCUT2D eigenvalue weighted by molar-refractivity contribution is 7.09. The van der Waals surface area contributed by atoms with Crippen LogP contribution in [-0.2, 0) is 18.4 Å². The van der Waals surface area contributed by atoms with E-state index in [4.69, 9.17) is 0 Å². The number of hydrogen-bond donors (Lipinski definition) is 2. The molecule has 148 valence electrons. The van der Waals surface area contributed by atoms with Crippen molar-refractivity contribution in [2.45, 2.75) is 19.5 Å². The third kappa shape index (κ3) is 4.04. The Labute approximate surface area is 171 Å². The lowest BCUT2D eigenvalue weighted by molar-refractivity contribution is -0.122. The van der Waals surface area contributed by atoms with Gasteiger partial charge in [0.05, 0.1) is 12.2 Å². The molecule has 0 radical (unpaired) electrons. The van der Waals surface area contributed by atoms with E-state index in [2.05, 4.69) is 20.7 Å². The van der Waals surface area contributed by atoms with Gasteiger partial charge in [-0.05, 0) is 24.4 Å². The van der Waals surface area contributed by atoms with Crippen LogP contribution in [0.5, 0.6) is 0 Å². The van der Waals surface area contributed by atoms with E-state index in [1.54, 1.807) is 29.4 Å². The van der Waals surface area contributed by atoms with Gasteiger partial charge >= 0.3 is 0 Å². The summed E-state index contributed by atoms with van der Waals surface area (Å²) < 4.78 is 3.48. The standard InChI is InChI=1S/C20H20N6O2S/c1-13(22-18(27)11-26-10-8-14-5-3-4-6-16(14)26)20-23-15(12-29-20)19(28)24-17-7-9-21-25(17)2/h3-10,12-13H,11H2,1-2H3,(H,22,27)(H,24,28)/t13-/m0/s1. The highest BCUT2D eigenvalue weighted by atomic mass is 32.1. The number of aromatic nitrogens is 4. The fraction of sp³-hybridized carbons (Fsp3) is 0.200. The molecule has 1 aromatic carbocycles. The van der Waals surface area contributed by atoms with Crippen molar-refractivity contribution in [1.29, 1.82) is 0 Å². The van der Waals surface area contributed by atoms with E-state index in [1.807, 2.05) is 48.0 Å². The second kappa shape index (κ2) is 7.88. The molecule has 2 N–H and O–H groups in total. The molecule has 4 rings (SSSR count). The molecule has 0 saturated heterocycles. The number of benzene rings is 1. The summed E-state index contributed by atoms with van der Waals surface area (Å²) in [7, 11) is 1.74. The topological polar surface area (TPSA) is 93.8 Å². The van der Waals surface area contributed by atoms with Crippen molar-refractivity contribution >= 4 is 39.9 Å². The van der Waals surface area contributed by atoms with Gasteiger partial charge in [0.25, 0.3) is 5.91 Å². The first kappa shape index (κ1) is 18.9. The van der Waals surface area contributed by atoms with E-state index in [1.165, 1.54) is 11.3 Å². The number of para-hydroxylation sites is 1. The lowest BCUT2D eigenvalue weighted by Crippen LogP contribution is -2.30. The van der Waals surface area contributed by atoms with Crippen LogP contribution in [0, 0.1) is 0 Å². The van der Waals surface area contributed by atoms with E-state index in [0.717, 1.165) is 10.9 Å². The molecule has 0 fully saturated rings. The number of nitrogens with one attached hydrogen (secondary N) is 2. The molecule has 0 spiro atoms. The summed E-state index contributed by atoms with van der Waals surface area (Å²) in [6.45, 7) is 2.07. The highest BCUT2D eigenvalue weighted by Crippen LogP contribution is 2.19. The number of carbonyl (C=O) groups excluding carboxylic acids is 2. The highest BCUT2D eigenvalue weighted by Gasteiger charge is 2.18. The quantitative estimate of drug-likeness (QED) is 0.513. The van der Waals surface area contributed by atoms with E-state index >= 15 is 0 Å². The van der Waals surface area contributed by atoms with Gasteiger partial charge in [-0.1, -0.05) is 18.2 Å². The summed E-state index contributed by atoms with van der Waals surface area (Å²) in [6, 6.07) is 11.3. The molecule has 0 aliphatic rings. The van der Waals surface area contributed by atoms with Gasteiger partial charge in [0.15, 0.2) is 0 Å².